The molecule has 2 aromatic rings. The number of benzene rings is 1. The minimum Gasteiger partial charge on any atom is -0.369 e. The van der Waals surface area contributed by atoms with Gasteiger partial charge in [-0.3, -0.25) is 4.79 Å². The number of nitriles is 1. The highest BCUT2D eigenvalue weighted by molar-refractivity contribution is 6.30. The Bertz CT molecular complexity index is 923. The largest absolute Gasteiger partial charge is 0.369 e. The molecule has 0 aliphatic heterocycles. The molecule has 0 unspecified atom stereocenters. The van der Waals surface area contributed by atoms with Crippen LogP contribution >= 0.6 is 11.6 Å². The third kappa shape index (κ3) is 4.18. The van der Waals surface area contributed by atoms with Crippen LogP contribution in [0.25, 0.3) is 0 Å². The van der Waals surface area contributed by atoms with Gasteiger partial charge in [0, 0.05) is 23.5 Å². The minimum absolute atomic E-state index is 0.00584. The maximum absolute atomic E-state index is 11.5. The van der Waals surface area contributed by atoms with E-state index in [0.717, 1.165) is 12.0 Å². The number of hydrogen-bond acceptors (Lipinski definition) is 6. The molecule has 1 heterocycles. The molecule has 1 aliphatic rings. The van der Waals surface area contributed by atoms with Gasteiger partial charge in [-0.25, -0.2) is 4.98 Å². The van der Waals surface area contributed by atoms with Crippen molar-refractivity contribution in [3.8, 4) is 6.07 Å². The van der Waals surface area contributed by atoms with Gasteiger partial charge in [0.05, 0.1) is 6.20 Å². The number of rotatable bonds is 7. The summed E-state index contributed by atoms with van der Waals surface area (Å²) in [6, 6.07) is 9.79. The van der Waals surface area contributed by atoms with E-state index >= 15 is 0 Å². The van der Waals surface area contributed by atoms with E-state index in [9.17, 15) is 10.1 Å². The lowest BCUT2D eigenvalue weighted by molar-refractivity contribution is -0.131. The summed E-state index contributed by atoms with van der Waals surface area (Å²) in [5, 5.41) is 16.5. The predicted molar refractivity (Wildman–Crippen MR) is 109 cm³/mol. The molecule has 3 rings (SSSR count). The van der Waals surface area contributed by atoms with Gasteiger partial charge in [-0.2, -0.15) is 10.2 Å². The van der Waals surface area contributed by atoms with Gasteiger partial charge in [0.25, 0.3) is 0 Å². The van der Waals surface area contributed by atoms with Crippen LogP contribution in [-0.4, -0.2) is 28.5 Å². The zero-order chi connectivity index (χ0) is 20.3. The van der Waals surface area contributed by atoms with Crippen molar-refractivity contribution in [3.05, 3.63) is 46.6 Å². The molecule has 1 aromatic heterocycles. The number of carbonyl (C=O) groups is 1. The lowest BCUT2D eigenvalue weighted by Gasteiger charge is -2.50. The van der Waals surface area contributed by atoms with Crippen LogP contribution in [-0.2, 0) is 11.2 Å². The molecule has 0 saturated heterocycles. The quantitative estimate of drug-likeness (QED) is 0.660. The molecule has 2 atom stereocenters. The minimum atomic E-state index is -0.302. The summed E-state index contributed by atoms with van der Waals surface area (Å²) in [5.41, 5.74) is 6.63. The Kier molecular flexibility index (Phi) is 5.71. The van der Waals surface area contributed by atoms with Crippen LogP contribution in [0.2, 0.25) is 5.02 Å². The van der Waals surface area contributed by atoms with Gasteiger partial charge in [0.15, 0.2) is 0 Å². The SMILES string of the molecule is CC1(C)[C@@H](Nc2nc(NCCc3cccc(Cl)c3)ncc2C#N)C[C@H]1C(N)=O. The molecule has 146 valence electrons. The van der Waals surface area contributed by atoms with Gasteiger partial charge in [0.2, 0.25) is 11.9 Å². The molecular formula is C20H23ClN6O. The van der Waals surface area contributed by atoms with Crippen LogP contribution in [0.1, 0.15) is 31.4 Å². The summed E-state index contributed by atoms with van der Waals surface area (Å²) in [6.07, 6.45) is 2.88. The summed E-state index contributed by atoms with van der Waals surface area (Å²) in [7, 11) is 0. The molecule has 1 aromatic carbocycles. The van der Waals surface area contributed by atoms with Crippen molar-refractivity contribution < 1.29 is 4.79 Å². The Morgan fingerprint density at radius 1 is 1.46 bits per heavy atom. The first-order chi connectivity index (χ1) is 13.3. The van der Waals surface area contributed by atoms with E-state index in [4.69, 9.17) is 17.3 Å². The van der Waals surface area contributed by atoms with Gasteiger partial charge in [-0.1, -0.05) is 37.6 Å². The monoisotopic (exact) mass is 398 g/mol. The standard InChI is InChI=1S/C20H23ClN6O/c1-20(2)15(17(23)28)9-16(20)26-18-13(10-22)11-25-19(27-18)24-7-6-12-4-3-5-14(21)8-12/h3-5,8,11,15-16H,6-7,9H2,1-2H3,(H2,23,28)(H2,24,25,26,27)/t15-,16-/m0/s1. The molecule has 0 bridgehead atoms. The first-order valence-corrected chi connectivity index (χ1v) is 9.50. The van der Waals surface area contributed by atoms with E-state index in [1.165, 1.54) is 6.20 Å². The number of aromatic nitrogens is 2. The first-order valence-electron chi connectivity index (χ1n) is 9.12. The van der Waals surface area contributed by atoms with E-state index in [1.54, 1.807) is 0 Å². The molecule has 4 N–H and O–H groups in total. The number of anilines is 2. The van der Waals surface area contributed by atoms with Gasteiger partial charge < -0.3 is 16.4 Å². The maximum Gasteiger partial charge on any atom is 0.224 e. The summed E-state index contributed by atoms with van der Waals surface area (Å²) < 4.78 is 0. The van der Waals surface area contributed by atoms with E-state index in [0.29, 0.717) is 35.3 Å². The predicted octanol–water partition coefficient (Wildman–Crippen LogP) is 2.97. The Morgan fingerprint density at radius 2 is 2.25 bits per heavy atom. The highest BCUT2D eigenvalue weighted by atomic mass is 35.5. The molecular weight excluding hydrogens is 376 g/mol. The topological polar surface area (TPSA) is 117 Å². The van der Waals surface area contributed by atoms with E-state index in [2.05, 4.69) is 26.7 Å². The second kappa shape index (κ2) is 8.03. The first kappa shape index (κ1) is 19.9. The molecule has 0 spiro atoms. The summed E-state index contributed by atoms with van der Waals surface area (Å²) >= 11 is 6.00. The fourth-order valence-electron chi connectivity index (χ4n) is 3.49. The van der Waals surface area contributed by atoms with E-state index < -0.39 is 0 Å². The summed E-state index contributed by atoms with van der Waals surface area (Å²) in [6.45, 7) is 4.60. The number of nitrogens with one attached hydrogen (secondary N) is 2. The Balaban J connectivity index is 1.65. The van der Waals surface area contributed by atoms with E-state index in [-0.39, 0.29) is 23.3 Å². The third-order valence-corrected chi connectivity index (χ3v) is 5.65. The Hall–Kier alpha value is -2.85. The lowest BCUT2D eigenvalue weighted by atomic mass is 9.58. The van der Waals surface area contributed by atoms with Crippen LogP contribution in [0.5, 0.6) is 0 Å². The molecule has 1 amide bonds. The molecule has 7 nitrogen and oxygen atoms in total. The number of nitrogens with two attached hydrogens (primary N) is 1. The van der Waals surface area contributed by atoms with Gasteiger partial charge in [0.1, 0.15) is 17.5 Å². The van der Waals surface area contributed by atoms with Crippen LogP contribution in [0.4, 0.5) is 11.8 Å². The van der Waals surface area contributed by atoms with Gasteiger partial charge >= 0.3 is 0 Å². The zero-order valence-corrected chi connectivity index (χ0v) is 16.6. The number of hydrogen-bond donors (Lipinski definition) is 3. The van der Waals surface area contributed by atoms with E-state index in [1.807, 2.05) is 38.1 Å². The van der Waals surface area contributed by atoms with Crippen LogP contribution < -0.4 is 16.4 Å². The van der Waals surface area contributed by atoms with Crippen molar-refractivity contribution in [3.63, 3.8) is 0 Å². The molecule has 1 aliphatic carbocycles. The Morgan fingerprint density at radius 3 is 2.89 bits per heavy atom. The average Bonchev–Trinajstić information content (AvgIpc) is 2.64. The number of primary amides is 1. The average molecular weight is 399 g/mol. The van der Waals surface area contributed by atoms with Gasteiger partial charge in [-0.15, -0.1) is 0 Å². The highest BCUT2D eigenvalue weighted by Crippen LogP contribution is 2.47. The number of nitrogens with zero attached hydrogens (tertiary/aromatic N) is 3. The fraction of sp³-hybridized carbons (Fsp3) is 0.400. The number of carbonyl (C=O) groups excluding carboxylic acids is 1. The second-order valence-corrected chi connectivity index (χ2v) is 8.02. The number of amides is 1. The van der Waals surface area contributed by atoms with Crippen molar-refractivity contribution in [1.29, 1.82) is 5.26 Å². The van der Waals surface area contributed by atoms with Crippen molar-refractivity contribution in [2.45, 2.75) is 32.7 Å². The molecule has 8 heteroatoms. The number of halogens is 1. The zero-order valence-electron chi connectivity index (χ0n) is 15.9. The van der Waals surface area contributed by atoms with Crippen molar-refractivity contribution in [1.82, 2.24) is 9.97 Å². The summed E-state index contributed by atoms with van der Waals surface area (Å²) in [5.74, 6) is 0.415. The third-order valence-electron chi connectivity index (χ3n) is 5.42. The normalized spacial score (nSPS) is 19.9. The molecule has 1 saturated carbocycles. The summed E-state index contributed by atoms with van der Waals surface area (Å²) in [4.78, 5) is 20.2. The van der Waals surface area contributed by atoms with Crippen LogP contribution in [0, 0.1) is 22.7 Å². The Labute approximate surface area is 169 Å². The molecule has 1 fully saturated rings. The molecule has 0 radical (unpaired) electrons. The smallest absolute Gasteiger partial charge is 0.224 e. The lowest BCUT2D eigenvalue weighted by Crippen LogP contribution is -2.58. The van der Waals surface area contributed by atoms with Crippen LogP contribution in [0.15, 0.2) is 30.5 Å². The van der Waals surface area contributed by atoms with Crippen molar-refractivity contribution in [2.24, 2.45) is 17.1 Å². The molecule has 28 heavy (non-hydrogen) atoms. The van der Waals surface area contributed by atoms with Crippen molar-refractivity contribution >= 4 is 29.3 Å². The van der Waals surface area contributed by atoms with Crippen molar-refractivity contribution in [2.75, 3.05) is 17.2 Å². The maximum atomic E-state index is 11.5. The second-order valence-electron chi connectivity index (χ2n) is 7.58. The van der Waals surface area contributed by atoms with Crippen LogP contribution in [0.3, 0.4) is 0 Å². The fourth-order valence-corrected chi connectivity index (χ4v) is 3.70. The van der Waals surface area contributed by atoms with Gasteiger partial charge in [-0.05, 0) is 36.0 Å². The highest BCUT2D eigenvalue weighted by Gasteiger charge is 2.51.